The highest BCUT2D eigenvalue weighted by atomic mass is 16.4. The molecule has 0 aromatic carbocycles. The number of nitrogens with zero attached hydrogens (tertiary/aromatic N) is 1. The summed E-state index contributed by atoms with van der Waals surface area (Å²) in [5, 5.41) is 11.6. The minimum atomic E-state index is -0.877. The summed E-state index contributed by atoms with van der Waals surface area (Å²) in [5.41, 5.74) is 4.49. The molecule has 1 aliphatic heterocycles. The zero-order valence-corrected chi connectivity index (χ0v) is 10.7. The molecule has 1 aliphatic carbocycles. The first kappa shape index (κ1) is 13.6. The minimum Gasteiger partial charge on any atom is -0.481 e. The van der Waals surface area contributed by atoms with E-state index in [1.165, 1.54) is 4.90 Å². The zero-order valence-electron chi connectivity index (χ0n) is 10.7. The number of aliphatic carboxylic acids is 1. The summed E-state index contributed by atoms with van der Waals surface area (Å²) in [5.74, 6) is -1.38. The van der Waals surface area contributed by atoms with Crippen LogP contribution in [0, 0.1) is 5.41 Å². The number of amides is 3. The highest BCUT2D eigenvalue weighted by Gasteiger charge is 2.50. The fraction of sp³-hybridized carbons (Fsp3) is 0.750. The lowest BCUT2D eigenvalue weighted by Crippen LogP contribution is -2.54. The van der Waals surface area contributed by atoms with Gasteiger partial charge in [0, 0.05) is 13.1 Å². The minimum absolute atomic E-state index is 0.114. The van der Waals surface area contributed by atoms with Crippen LogP contribution in [0.25, 0.3) is 0 Å². The molecule has 1 unspecified atom stereocenters. The summed E-state index contributed by atoms with van der Waals surface area (Å²) in [6, 6.07) is -0.968. The number of likely N-dealkylation sites (tertiary alicyclic amines) is 1. The summed E-state index contributed by atoms with van der Waals surface area (Å²) >= 11 is 0. The van der Waals surface area contributed by atoms with Gasteiger partial charge in [0.2, 0.25) is 5.91 Å². The first-order valence-corrected chi connectivity index (χ1v) is 6.53. The second-order valence-corrected chi connectivity index (χ2v) is 5.35. The van der Waals surface area contributed by atoms with E-state index in [9.17, 15) is 14.4 Å². The number of carbonyl (C=O) groups is 3. The number of carboxylic acids is 1. The predicted molar refractivity (Wildman–Crippen MR) is 66.2 cm³/mol. The van der Waals surface area contributed by atoms with Crippen LogP contribution in [0.4, 0.5) is 4.79 Å². The van der Waals surface area contributed by atoms with Crippen molar-refractivity contribution in [1.29, 1.82) is 0 Å². The van der Waals surface area contributed by atoms with Gasteiger partial charge in [-0.2, -0.15) is 0 Å². The van der Waals surface area contributed by atoms with Crippen LogP contribution in [0.5, 0.6) is 0 Å². The molecule has 0 aromatic heterocycles. The van der Waals surface area contributed by atoms with E-state index >= 15 is 0 Å². The second-order valence-electron chi connectivity index (χ2n) is 5.35. The SMILES string of the molecule is NC(=O)C1CCCCN1C(=O)NCC1(C(=O)O)CC1. The van der Waals surface area contributed by atoms with Gasteiger partial charge in [0.25, 0.3) is 0 Å². The van der Waals surface area contributed by atoms with Gasteiger partial charge < -0.3 is 21.1 Å². The van der Waals surface area contributed by atoms with E-state index in [0.717, 1.165) is 12.8 Å². The zero-order chi connectivity index (χ0) is 14.0. The fourth-order valence-corrected chi connectivity index (χ4v) is 2.43. The summed E-state index contributed by atoms with van der Waals surface area (Å²) in [6.45, 7) is 0.600. The van der Waals surface area contributed by atoms with Crippen molar-refractivity contribution in [3.05, 3.63) is 0 Å². The molecular formula is C12H19N3O4. The maximum absolute atomic E-state index is 12.0. The van der Waals surface area contributed by atoms with Crippen molar-refractivity contribution >= 4 is 17.9 Å². The maximum Gasteiger partial charge on any atom is 0.318 e. The Morgan fingerprint density at radius 3 is 2.53 bits per heavy atom. The average molecular weight is 269 g/mol. The number of nitrogens with one attached hydrogen (secondary N) is 1. The van der Waals surface area contributed by atoms with Crippen LogP contribution in [0.3, 0.4) is 0 Å². The molecule has 4 N–H and O–H groups in total. The van der Waals surface area contributed by atoms with Crippen LogP contribution in [-0.2, 0) is 9.59 Å². The van der Waals surface area contributed by atoms with Crippen LogP contribution in [0.15, 0.2) is 0 Å². The average Bonchev–Trinajstić information content (AvgIpc) is 3.17. The number of carbonyl (C=O) groups excluding carboxylic acids is 2. The number of urea groups is 1. The second kappa shape index (κ2) is 5.07. The molecule has 2 fully saturated rings. The van der Waals surface area contributed by atoms with Crippen molar-refractivity contribution in [3.8, 4) is 0 Å². The molecule has 7 heteroatoms. The monoisotopic (exact) mass is 269 g/mol. The van der Waals surface area contributed by atoms with E-state index in [1.807, 2.05) is 0 Å². The smallest absolute Gasteiger partial charge is 0.318 e. The van der Waals surface area contributed by atoms with E-state index in [4.69, 9.17) is 10.8 Å². The molecular weight excluding hydrogens is 250 g/mol. The Hall–Kier alpha value is -1.79. The quantitative estimate of drug-likeness (QED) is 0.661. The summed E-state index contributed by atoms with van der Waals surface area (Å²) in [4.78, 5) is 35.7. The van der Waals surface area contributed by atoms with Crippen molar-refractivity contribution in [1.82, 2.24) is 10.2 Å². The van der Waals surface area contributed by atoms with Gasteiger partial charge in [-0.15, -0.1) is 0 Å². The molecule has 1 saturated carbocycles. The van der Waals surface area contributed by atoms with Gasteiger partial charge >= 0.3 is 12.0 Å². The molecule has 2 rings (SSSR count). The van der Waals surface area contributed by atoms with Crippen molar-refractivity contribution in [2.45, 2.75) is 38.1 Å². The third-order valence-corrected chi connectivity index (χ3v) is 3.98. The van der Waals surface area contributed by atoms with Gasteiger partial charge in [0.1, 0.15) is 6.04 Å². The normalized spacial score (nSPS) is 24.6. The standard InChI is InChI=1S/C12H19N3O4/c13-9(16)8-3-1-2-6-15(8)11(19)14-7-12(4-5-12)10(17)18/h8H,1-7H2,(H2,13,16)(H,14,19)(H,17,18). The van der Waals surface area contributed by atoms with Gasteiger partial charge in [-0.25, -0.2) is 4.79 Å². The third kappa shape index (κ3) is 2.80. The van der Waals surface area contributed by atoms with Crippen LogP contribution < -0.4 is 11.1 Å². The molecule has 0 spiro atoms. The highest BCUT2D eigenvalue weighted by molar-refractivity contribution is 5.86. The van der Waals surface area contributed by atoms with Crippen molar-refractivity contribution < 1.29 is 19.5 Å². The molecule has 1 heterocycles. The summed E-state index contributed by atoms with van der Waals surface area (Å²) in [7, 11) is 0. The number of nitrogens with two attached hydrogens (primary N) is 1. The largest absolute Gasteiger partial charge is 0.481 e. The molecule has 0 radical (unpaired) electrons. The molecule has 3 amide bonds. The van der Waals surface area contributed by atoms with Gasteiger partial charge in [-0.1, -0.05) is 0 Å². The number of piperidine rings is 1. The Morgan fingerprint density at radius 2 is 2.00 bits per heavy atom. The summed E-state index contributed by atoms with van der Waals surface area (Å²) < 4.78 is 0. The molecule has 1 atom stereocenters. The third-order valence-electron chi connectivity index (χ3n) is 3.98. The van der Waals surface area contributed by atoms with Crippen LogP contribution >= 0.6 is 0 Å². The number of hydrogen-bond acceptors (Lipinski definition) is 3. The Bertz CT molecular complexity index is 406. The van der Waals surface area contributed by atoms with E-state index in [2.05, 4.69) is 5.32 Å². The molecule has 7 nitrogen and oxygen atoms in total. The summed E-state index contributed by atoms with van der Waals surface area (Å²) in [6.07, 6.45) is 3.45. The molecule has 0 bridgehead atoms. The number of carboxylic acid groups (broad SMARTS) is 1. The first-order valence-electron chi connectivity index (χ1n) is 6.53. The lowest BCUT2D eigenvalue weighted by Gasteiger charge is -2.33. The van der Waals surface area contributed by atoms with Gasteiger partial charge in [0.05, 0.1) is 5.41 Å². The molecule has 1 saturated heterocycles. The highest BCUT2D eigenvalue weighted by Crippen LogP contribution is 2.45. The van der Waals surface area contributed by atoms with Gasteiger partial charge in [0.15, 0.2) is 0 Å². The van der Waals surface area contributed by atoms with Crippen molar-refractivity contribution in [2.75, 3.05) is 13.1 Å². The Balaban J connectivity index is 1.91. The van der Waals surface area contributed by atoms with Gasteiger partial charge in [-0.05, 0) is 32.1 Å². The van der Waals surface area contributed by atoms with Crippen LogP contribution in [0.1, 0.15) is 32.1 Å². The topological polar surface area (TPSA) is 113 Å². The van der Waals surface area contributed by atoms with Crippen molar-refractivity contribution in [2.24, 2.45) is 11.1 Å². The van der Waals surface area contributed by atoms with E-state index in [-0.39, 0.29) is 6.54 Å². The van der Waals surface area contributed by atoms with E-state index in [1.54, 1.807) is 0 Å². The van der Waals surface area contributed by atoms with Crippen LogP contribution in [0.2, 0.25) is 0 Å². The molecule has 106 valence electrons. The molecule has 19 heavy (non-hydrogen) atoms. The lowest BCUT2D eigenvalue weighted by atomic mass is 10.0. The maximum atomic E-state index is 12.0. The fourth-order valence-electron chi connectivity index (χ4n) is 2.43. The number of rotatable bonds is 4. The number of primary amides is 1. The molecule has 0 aromatic rings. The Kier molecular flexibility index (Phi) is 3.64. The van der Waals surface area contributed by atoms with Gasteiger partial charge in [-0.3, -0.25) is 9.59 Å². The number of hydrogen-bond donors (Lipinski definition) is 3. The van der Waals surface area contributed by atoms with E-state index < -0.39 is 29.4 Å². The first-order chi connectivity index (χ1) is 8.96. The van der Waals surface area contributed by atoms with Crippen LogP contribution in [-0.4, -0.2) is 47.0 Å². The Morgan fingerprint density at radius 1 is 1.32 bits per heavy atom. The molecule has 2 aliphatic rings. The predicted octanol–water partition coefficient (Wildman–Crippen LogP) is -0.0994. The lowest BCUT2D eigenvalue weighted by molar-refractivity contribution is -0.143. The Labute approximate surface area is 111 Å². The van der Waals surface area contributed by atoms with Crippen molar-refractivity contribution in [3.63, 3.8) is 0 Å². The van der Waals surface area contributed by atoms with E-state index in [0.29, 0.717) is 25.8 Å².